The number of aryl methyl sites for hydroxylation is 1. The molecule has 0 aliphatic heterocycles. The maximum Gasteiger partial charge on any atom is 0.228 e. The number of aromatic nitrogens is 5. The Balaban J connectivity index is 1.58. The van der Waals surface area contributed by atoms with Crippen LogP contribution in [0.4, 0.5) is 0 Å². The molecular formula is C22H21N5O2. The molecule has 29 heavy (non-hydrogen) atoms. The van der Waals surface area contributed by atoms with Crippen LogP contribution in [0.1, 0.15) is 21.7 Å². The second kappa shape index (κ2) is 7.71. The average molecular weight is 387 g/mol. The minimum absolute atomic E-state index is 0.101. The van der Waals surface area contributed by atoms with Crippen LogP contribution in [-0.2, 0) is 6.54 Å². The fourth-order valence-electron chi connectivity index (χ4n) is 3.40. The molecule has 4 rings (SSSR count). The van der Waals surface area contributed by atoms with Crippen molar-refractivity contribution in [2.45, 2.75) is 20.4 Å². The highest BCUT2D eigenvalue weighted by Crippen LogP contribution is 2.24. The van der Waals surface area contributed by atoms with Crippen LogP contribution in [0.2, 0.25) is 0 Å². The first kappa shape index (κ1) is 18.6. The number of rotatable bonds is 7. The predicted molar refractivity (Wildman–Crippen MR) is 111 cm³/mol. The van der Waals surface area contributed by atoms with E-state index < -0.39 is 0 Å². The largest absolute Gasteiger partial charge is 0.469 e. The van der Waals surface area contributed by atoms with Crippen LogP contribution in [0.3, 0.4) is 0 Å². The number of hydrogen-bond donors (Lipinski definition) is 0. The lowest BCUT2D eigenvalue weighted by Crippen LogP contribution is -2.13. The number of hydrogen-bond acceptors (Lipinski definition) is 5. The van der Waals surface area contributed by atoms with E-state index >= 15 is 0 Å². The van der Waals surface area contributed by atoms with E-state index in [1.807, 2.05) is 60.9 Å². The smallest absolute Gasteiger partial charge is 0.228 e. The zero-order valence-electron chi connectivity index (χ0n) is 16.4. The Kier molecular flexibility index (Phi) is 4.95. The Hall–Kier alpha value is -3.74. The molecule has 7 nitrogen and oxygen atoms in total. The van der Waals surface area contributed by atoms with Crippen LogP contribution in [-0.4, -0.2) is 36.7 Å². The first-order chi connectivity index (χ1) is 14.1. The summed E-state index contributed by atoms with van der Waals surface area (Å²) in [5.41, 5.74) is 4.07. The summed E-state index contributed by atoms with van der Waals surface area (Å²) in [4.78, 5) is 21.3. The fourth-order valence-corrected chi connectivity index (χ4v) is 3.40. The van der Waals surface area contributed by atoms with Crippen molar-refractivity contribution < 1.29 is 9.53 Å². The highest BCUT2D eigenvalue weighted by molar-refractivity contribution is 5.98. The molecule has 0 fully saturated rings. The molecule has 0 radical (unpaired) electrons. The van der Waals surface area contributed by atoms with Crippen molar-refractivity contribution in [3.05, 3.63) is 78.5 Å². The second-order valence-corrected chi connectivity index (χ2v) is 6.70. The lowest BCUT2D eigenvalue weighted by Gasteiger charge is -2.07. The summed E-state index contributed by atoms with van der Waals surface area (Å²) in [5.74, 6) is 0.237. The molecule has 3 heterocycles. The van der Waals surface area contributed by atoms with Crippen LogP contribution < -0.4 is 4.74 Å². The number of nitrogens with zero attached hydrogens (tertiary/aromatic N) is 5. The molecule has 0 saturated heterocycles. The maximum absolute atomic E-state index is 12.7. The number of para-hydroxylation sites is 1. The molecule has 0 amide bonds. The lowest BCUT2D eigenvalue weighted by molar-refractivity contribution is 0.0918. The van der Waals surface area contributed by atoms with E-state index in [4.69, 9.17) is 4.74 Å². The zero-order chi connectivity index (χ0) is 20.4. The van der Waals surface area contributed by atoms with Gasteiger partial charge in [0.25, 0.3) is 0 Å². The van der Waals surface area contributed by atoms with Crippen molar-refractivity contribution in [3.8, 4) is 11.6 Å². The van der Waals surface area contributed by atoms with Gasteiger partial charge in [-0.15, -0.1) is 6.58 Å². The first-order valence-electron chi connectivity index (χ1n) is 9.28. The first-order valence-corrected chi connectivity index (χ1v) is 9.28. The molecule has 1 aromatic carbocycles. The molecule has 0 aliphatic rings. The summed E-state index contributed by atoms with van der Waals surface area (Å²) in [6.45, 7) is 8.22. The molecule has 0 N–H and O–H groups in total. The van der Waals surface area contributed by atoms with Gasteiger partial charge >= 0.3 is 0 Å². The number of fused-ring (bicyclic) bond motifs is 1. The summed E-state index contributed by atoms with van der Waals surface area (Å²) in [6, 6.07) is 11.6. The van der Waals surface area contributed by atoms with Gasteiger partial charge < -0.3 is 9.30 Å². The summed E-state index contributed by atoms with van der Waals surface area (Å²) < 4.78 is 9.53. The zero-order valence-corrected chi connectivity index (χ0v) is 16.4. The van der Waals surface area contributed by atoms with E-state index in [0.29, 0.717) is 29.0 Å². The van der Waals surface area contributed by atoms with Gasteiger partial charge in [-0.05, 0) is 32.0 Å². The normalized spacial score (nSPS) is 11.0. The van der Waals surface area contributed by atoms with Crippen LogP contribution >= 0.6 is 0 Å². The molecule has 146 valence electrons. The van der Waals surface area contributed by atoms with E-state index in [2.05, 4.69) is 21.6 Å². The second-order valence-electron chi connectivity index (χ2n) is 6.70. The quantitative estimate of drug-likeness (QED) is 0.357. The molecule has 3 aromatic heterocycles. The standard InChI is InChI=1S/C22H21N5O2/c1-4-10-26-15(2)11-18(16(26)3)20(28)13-29-22-19-12-25-27(21(19)23-14-24-22)17-8-6-5-7-9-17/h4-9,11-12,14H,1,10,13H2,2-3H3. The number of ether oxygens (including phenoxy) is 1. The van der Waals surface area contributed by atoms with E-state index in [1.165, 1.54) is 6.33 Å². The van der Waals surface area contributed by atoms with Gasteiger partial charge in [0.15, 0.2) is 12.3 Å². The molecule has 0 saturated carbocycles. The van der Waals surface area contributed by atoms with E-state index in [-0.39, 0.29) is 12.4 Å². The van der Waals surface area contributed by atoms with Crippen molar-refractivity contribution in [2.24, 2.45) is 0 Å². The molecule has 0 bridgehead atoms. The number of carbonyl (C=O) groups is 1. The highest BCUT2D eigenvalue weighted by atomic mass is 16.5. The molecule has 0 spiro atoms. The van der Waals surface area contributed by atoms with Crippen LogP contribution in [0.25, 0.3) is 16.7 Å². The van der Waals surface area contributed by atoms with Gasteiger partial charge in [-0.2, -0.15) is 5.10 Å². The Morgan fingerprint density at radius 3 is 2.76 bits per heavy atom. The molecule has 7 heteroatoms. The fraction of sp³-hybridized carbons (Fsp3) is 0.182. The number of allylic oxidation sites excluding steroid dienone is 1. The van der Waals surface area contributed by atoms with Crippen molar-refractivity contribution >= 4 is 16.8 Å². The number of carbonyl (C=O) groups excluding carboxylic acids is 1. The predicted octanol–water partition coefficient (Wildman–Crippen LogP) is 3.68. The Morgan fingerprint density at radius 2 is 2.00 bits per heavy atom. The number of benzene rings is 1. The van der Waals surface area contributed by atoms with Crippen molar-refractivity contribution in [1.82, 2.24) is 24.3 Å². The van der Waals surface area contributed by atoms with Crippen molar-refractivity contribution in [2.75, 3.05) is 6.61 Å². The van der Waals surface area contributed by atoms with Gasteiger partial charge in [-0.3, -0.25) is 4.79 Å². The summed E-state index contributed by atoms with van der Waals surface area (Å²) in [7, 11) is 0. The number of Topliss-reactive ketones (excluding diaryl/α,β-unsaturated/α-hetero) is 1. The van der Waals surface area contributed by atoms with Gasteiger partial charge in [0, 0.05) is 23.5 Å². The minimum atomic E-state index is -0.110. The van der Waals surface area contributed by atoms with Crippen LogP contribution in [0.5, 0.6) is 5.88 Å². The van der Waals surface area contributed by atoms with Crippen molar-refractivity contribution in [3.63, 3.8) is 0 Å². The number of ketones is 1. The van der Waals surface area contributed by atoms with E-state index in [0.717, 1.165) is 17.1 Å². The third kappa shape index (κ3) is 3.42. The van der Waals surface area contributed by atoms with Gasteiger partial charge in [-0.25, -0.2) is 14.6 Å². The molecule has 4 aromatic rings. The third-order valence-corrected chi connectivity index (χ3v) is 4.86. The summed E-state index contributed by atoms with van der Waals surface area (Å²) in [6.07, 6.45) is 4.88. The third-order valence-electron chi connectivity index (χ3n) is 4.86. The minimum Gasteiger partial charge on any atom is -0.469 e. The molecular weight excluding hydrogens is 366 g/mol. The molecule has 0 aliphatic carbocycles. The topological polar surface area (TPSA) is 74.8 Å². The van der Waals surface area contributed by atoms with Gasteiger partial charge in [0.2, 0.25) is 11.7 Å². The lowest BCUT2D eigenvalue weighted by atomic mass is 10.1. The Bertz CT molecular complexity index is 1190. The summed E-state index contributed by atoms with van der Waals surface area (Å²) >= 11 is 0. The molecule has 0 atom stereocenters. The summed E-state index contributed by atoms with van der Waals surface area (Å²) in [5, 5.41) is 5.05. The monoisotopic (exact) mass is 387 g/mol. The van der Waals surface area contributed by atoms with E-state index in [1.54, 1.807) is 10.9 Å². The maximum atomic E-state index is 12.7. The highest BCUT2D eigenvalue weighted by Gasteiger charge is 2.18. The molecule has 0 unspecified atom stereocenters. The Morgan fingerprint density at radius 1 is 1.21 bits per heavy atom. The van der Waals surface area contributed by atoms with Crippen LogP contribution in [0.15, 0.2) is 61.6 Å². The SMILES string of the molecule is C=CCn1c(C)cc(C(=O)COc2ncnc3c2cnn3-c2ccccc2)c1C. The van der Waals surface area contributed by atoms with Gasteiger partial charge in [0.1, 0.15) is 11.7 Å². The Labute approximate surface area is 168 Å². The van der Waals surface area contributed by atoms with Gasteiger partial charge in [0.05, 0.1) is 11.9 Å². The van der Waals surface area contributed by atoms with Crippen LogP contribution in [0, 0.1) is 13.8 Å². The van der Waals surface area contributed by atoms with E-state index in [9.17, 15) is 4.79 Å². The average Bonchev–Trinajstić information content (AvgIpc) is 3.30. The van der Waals surface area contributed by atoms with Gasteiger partial charge in [-0.1, -0.05) is 24.3 Å². The van der Waals surface area contributed by atoms with Crippen molar-refractivity contribution in [1.29, 1.82) is 0 Å².